The van der Waals surface area contributed by atoms with Gasteiger partial charge in [0.25, 0.3) is 5.91 Å². The summed E-state index contributed by atoms with van der Waals surface area (Å²) in [6.07, 6.45) is 1.83. The molecule has 1 amide bonds. The second-order valence-electron chi connectivity index (χ2n) is 6.33. The summed E-state index contributed by atoms with van der Waals surface area (Å²) >= 11 is 0. The van der Waals surface area contributed by atoms with Crippen molar-refractivity contribution in [2.75, 3.05) is 12.4 Å². The zero-order valence-corrected chi connectivity index (χ0v) is 16.3. The number of nitrogens with one attached hydrogen (secondary N) is 1. The first-order chi connectivity index (χ1) is 13.3. The Bertz CT molecular complexity index is 900. The number of hydrogen-bond acceptors (Lipinski definition) is 5. The zero-order valence-electron chi connectivity index (χ0n) is 16.3. The van der Waals surface area contributed by atoms with Crippen LogP contribution >= 0.6 is 0 Å². The monoisotopic (exact) mass is 381 g/mol. The lowest BCUT2D eigenvalue weighted by Crippen LogP contribution is -2.29. The first kappa shape index (κ1) is 20.9. The smallest absolute Gasteiger partial charge is 0.337 e. The third kappa shape index (κ3) is 5.81. The average molecular weight is 381 g/mol. The molecule has 0 aliphatic rings. The van der Waals surface area contributed by atoms with E-state index in [0.29, 0.717) is 16.8 Å². The van der Waals surface area contributed by atoms with Crippen LogP contribution in [0.15, 0.2) is 48.5 Å². The van der Waals surface area contributed by atoms with E-state index < -0.39 is 23.9 Å². The van der Waals surface area contributed by atoms with Gasteiger partial charge in [0.2, 0.25) is 0 Å². The number of rotatable bonds is 6. The topological polar surface area (TPSA) is 81.7 Å². The minimum Gasteiger partial charge on any atom is -0.465 e. The highest BCUT2D eigenvalue weighted by atomic mass is 16.5. The zero-order chi connectivity index (χ0) is 20.7. The number of carbonyl (C=O) groups is 3. The van der Waals surface area contributed by atoms with E-state index in [1.54, 1.807) is 24.3 Å². The van der Waals surface area contributed by atoms with Gasteiger partial charge in [0, 0.05) is 11.8 Å². The first-order valence-corrected chi connectivity index (χ1v) is 8.75. The van der Waals surface area contributed by atoms with Crippen LogP contribution in [0.5, 0.6) is 0 Å². The SMILES string of the molecule is COC(=O)c1ccc(/C=C/C(=O)O[C@H](C)C(=O)Nc2ccc(C)cc2C)cc1. The summed E-state index contributed by atoms with van der Waals surface area (Å²) in [5.74, 6) is -1.48. The molecule has 6 nitrogen and oxygen atoms in total. The van der Waals surface area contributed by atoms with Gasteiger partial charge >= 0.3 is 11.9 Å². The number of esters is 2. The van der Waals surface area contributed by atoms with Crippen molar-refractivity contribution in [1.82, 2.24) is 0 Å². The maximum atomic E-state index is 12.2. The predicted octanol–water partition coefficient (Wildman–Crippen LogP) is 3.67. The maximum absolute atomic E-state index is 12.2. The molecule has 0 radical (unpaired) electrons. The molecule has 0 spiro atoms. The molecule has 2 rings (SSSR count). The molecule has 0 fully saturated rings. The Kier molecular flexibility index (Phi) is 7.09. The van der Waals surface area contributed by atoms with Crippen molar-refractivity contribution in [2.24, 2.45) is 0 Å². The average Bonchev–Trinajstić information content (AvgIpc) is 2.68. The summed E-state index contributed by atoms with van der Waals surface area (Å²) in [7, 11) is 1.31. The Morgan fingerprint density at radius 2 is 1.71 bits per heavy atom. The summed E-state index contributed by atoms with van der Waals surface area (Å²) in [6, 6.07) is 12.2. The van der Waals surface area contributed by atoms with Crippen LogP contribution in [0.25, 0.3) is 6.08 Å². The highest BCUT2D eigenvalue weighted by Gasteiger charge is 2.17. The number of benzene rings is 2. The van der Waals surface area contributed by atoms with Crippen LogP contribution in [0.2, 0.25) is 0 Å². The van der Waals surface area contributed by atoms with E-state index in [0.717, 1.165) is 11.1 Å². The van der Waals surface area contributed by atoms with E-state index in [2.05, 4.69) is 10.1 Å². The Hall–Kier alpha value is -3.41. The largest absolute Gasteiger partial charge is 0.465 e. The molecular weight excluding hydrogens is 358 g/mol. The van der Waals surface area contributed by atoms with Crippen molar-refractivity contribution in [3.8, 4) is 0 Å². The van der Waals surface area contributed by atoms with Crippen molar-refractivity contribution < 1.29 is 23.9 Å². The number of amides is 1. The normalized spacial score (nSPS) is 11.7. The van der Waals surface area contributed by atoms with Crippen LogP contribution in [0.3, 0.4) is 0 Å². The molecule has 0 aliphatic heterocycles. The van der Waals surface area contributed by atoms with Crippen LogP contribution in [-0.4, -0.2) is 31.1 Å². The fraction of sp³-hybridized carbons (Fsp3) is 0.227. The number of carbonyl (C=O) groups excluding carboxylic acids is 3. The minimum absolute atomic E-state index is 0.406. The van der Waals surface area contributed by atoms with Gasteiger partial charge in [-0.25, -0.2) is 9.59 Å². The Balaban J connectivity index is 1.91. The molecule has 0 heterocycles. The third-order valence-electron chi connectivity index (χ3n) is 4.05. The number of aryl methyl sites for hydroxylation is 2. The lowest BCUT2D eigenvalue weighted by Gasteiger charge is -2.14. The summed E-state index contributed by atoms with van der Waals surface area (Å²) in [5, 5.41) is 2.75. The van der Waals surface area contributed by atoms with Gasteiger partial charge in [-0.1, -0.05) is 29.8 Å². The van der Waals surface area contributed by atoms with Gasteiger partial charge in [-0.05, 0) is 56.2 Å². The third-order valence-corrected chi connectivity index (χ3v) is 4.05. The van der Waals surface area contributed by atoms with E-state index in [1.807, 2.05) is 32.0 Å². The fourth-order valence-corrected chi connectivity index (χ4v) is 2.47. The van der Waals surface area contributed by atoms with E-state index in [-0.39, 0.29) is 0 Å². The Morgan fingerprint density at radius 3 is 2.32 bits per heavy atom. The van der Waals surface area contributed by atoms with Crippen LogP contribution in [0.4, 0.5) is 5.69 Å². The lowest BCUT2D eigenvalue weighted by atomic mass is 10.1. The van der Waals surface area contributed by atoms with E-state index in [4.69, 9.17) is 4.74 Å². The van der Waals surface area contributed by atoms with Crippen molar-refractivity contribution >= 4 is 29.6 Å². The molecule has 0 saturated heterocycles. The Labute approximate surface area is 164 Å². The number of anilines is 1. The lowest BCUT2D eigenvalue weighted by molar-refractivity contribution is -0.148. The van der Waals surface area contributed by atoms with Gasteiger partial charge in [0.05, 0.1) is 12.7 Å². The summed E-state index contributed by atoms with van der Waals surface area (Å²) in [5.41, 5.74) is 3.83. The number of hydrogen-bond donors (Lipinski definition) is 1. The van der Waals surface area contributed by atoms with Gasteiger partial charge in [0.1, 0.15) is 0 Å². The molecule has 0 unspecified atom stereocenters. The molecule has 1 atom stereocenters. The van der Waals surface area contributed by atoms with E-state index >= 15 is 0 Å². The summed E-state index contributed by atoms with van der Waals surface area (Å²) in [6.45, 7) is 5.38. The highest BCUT2D eigenvalue weighted by molar-refractivity contribution is 5.97. The molecule has 2 aromatic rings. The second kappa shape index (κ2) is 9.50. The van der Waals surface area contributed by atoms with Crippen LogP contribution < -0.4 is 5.32 Å². The van der Waals surface area contributed by atoms with E-state index in [1.165, 1.54) is 26.2 Å². The standard InChI is InChI=1S/C22H23NO5/c1-14-5-11-19(15(2)13-14)23-21(25)16(3)28-20(24)12-8-17-6-9-18(10-7-17)22(26)27-4/h5-13,16H,1-4H3,(H,23,25)/b12-8+/t16-/m1/s1. The molecule has 146 valence electrons. The van der Waals surface area contributed by atoms with Crippen LogP contribution in [0, 0.1) is 13.8 Å². The molecule has 0 saturated carbocycles. The van der Waals surface area contributed by atoms with Gasteiger partial charge < -0.3 is 14.8 Å². The minimum atomic E-state index is -0.945. The molecule has 2 aromatic carbocycles. The molecular formula is C22H23NO5. The van der Waals surface area contributed by atoms with Gasteiger partial charge in [-0.15, -0.1) is 0 Å². The summed E-state index contributed by atoms with van der Waals surface area (Å²) in [4.78, 5) is 35.6. The number of methoxy groups -OCH3 is 1. The van der Waals surface area contributed by atoms with Crippen molar-refractivity contribution in [2.45, 2.75) is 26.9 Å². The fourth-order valence-electron chi connectivity index (χ4n) is 2.47. The predicted molar refractivity (Wildman–Crippen MR) is 107 cm³/mol. The number of ether oxygens (including phenoxy) is 2. The van der Waals surface area contributed by atoms with Crippen molar-refractivity contribution in [1.29, 1.82) is 0 Å². The van der Waals surface area contributed by atoms with E-state index in [9.17, 15) is 14.4 Å². The highest BCUT2D eigenvalue weighted by Crippen LogP contribution is 2.16. The van der Waals surface area contributed by atoms with Crippen molar-refractivity contribution in [3.63, 3.8) is 0 Å². The molecule has 0 aromatic heterocycles. The second-order valence-corrected chi connectivity index (χ2v) is 6.33. The molecule has 0 bridgehead atoms. The Morgan fingerprint density at radius 1 is 1.04 bits per heavy atom. The van der Waals surface area contributed by atoms with Gasteiger partial charge in [0.15, 0.2) is 6.10 Å². The van der Waals surface area contributed by atoms with Crippen LogP contribution in [-0.2, 0) is 19.1 Å². The first-order valence-electron chi connectivity index (χ1n) is 8.75. The maximum Gasteiger partial charge on any atom is 0.337 e. The molecule has 6 heteroatoms. The van der Waals surface area contributed by atoms with Crippen LogP contribution in [0.1, 0.15) is 34.0 Å². The van der Waals surface area contributed by atoms with Crippen molar-refractivity contribution in [3.05, 3.63) is 70.8 Å². The molecule has 1 N–H and O–H groups in total. The van der Waals surface area contributed by atoms with Gasteiger partial charge in [-0.3, -0.25) is 4.79 Å². The molecule has 28 heavy (non-hydrogen) atoms. The van der Waals surface area contributed by atoms with Gasteiger partial charge in [-0.2, -0.15) is 0 Å². The summed E-state index contributed by atoms with van der Waals surface area (Å²) < 4.78 is 9.76. The quantitative estimate of drug-likeness (QED) is 0.610. The molecule has 0 aliphatic carbocycles.